The SMILES string of the molecule is C[C@H](Oc1ccc(Cl)cc1)C(=O)Nc1cccc([N+](=O)[O-])c1. The largest absolute Gasteiger partial charge is 0.481 e. The van der Waals surface area contributed by atoms with E-state index in [1.807, 2.05) is 0 Å². The first kappa shape index (κ1) is 15.8. The maximum atomic E-state index is 12.0. The molecule has 0 bridgehead atoms. The zero-order valence-corrected chi connectivity index (χ0v) is 12.4. The number of halogens is 1. The Kier molecular flexibility index (Phi) is 4.95. The molecule has 0 unspecified atom stereocenters. The highest BCUT2D eigenvalue weighted by Crippen LogP contribution is 2.19. The molecule has 1 amide bonds. The van der Waals surface area contributed by atoms with E-state index >= 15 is 0 Å². The van der Waals surface area contributed by atoms with E-state index in [-0.39, 0.29) is 5.69 Å². The zero-order valence-electron chi connectivity index (χ0n) is 11.7. The molecule has 0 saturated heterocycles. The van der Waals surface area contributed by atoms with Gasteiger partial charge in [0, 0.05) is 22.8 Å². The van der Waals surface area contributed by atoms with Crippen molar-refractivity contribution in [2.75, 3.05) is 5.32 Å². The van der Waals surface area contributed by atoms with Gasteiger partial charge in [0.2, 0.25) is 0 Å². The number of rotatable bonds is 5. The molecule has 2 rings (SSSR count). The lowest BCUT2D eigenvalue weighted by Gasteiger charge is -2.14. The molecule has 1 N–H and O–H groups in total. The van der Waals surface area contributed by atoms with E-state index in [1.54, 1.807) is 37.3 Å². The topological polar surface area (TPSA) is 81.5 Å². The first-order valence-corrected chi connectivity index (χ1v) is 6.81. The number of hydrogen-bond donors (Lipinski definition) is 1. The Bertz CT molecular complexity index is 688. The first-order valence-electron chi connectivity index (χ1n) is 6.43. The maximum Gasteiger partial charge on any atom is 0.271 e. The molecule has 0 spiro atoms. The normalized spacial score (nSPS) is 11.5. The van der Waals surface area contributed by atoms with E-state index in [0.717, 1.165) is 0 Å². The monoisotopic (exact) mass is 320 g/mol. The number of anilines is 1. The van der Waals surface area contributed by atoms with Crippen LogP contribution in [0.5, 0.6) is 5.75 Å². The van der Waals surface area contributed by atoms with Crippen molar-refractivity contribution in [1.29, 1.82) is 0 Å². The van der Waals surface area contributed by atoms with E-state index in [2.05, 4.69) is 5.32 Å². The van der Waals surface area contributed by atoms with Gasteiger partial charge in [0.05, 0.1) is 4.92 Å². The highest BCUT2D eigenvalue weighted by molar-refractivity contribution is 6.30. The van der Waals surface area contributed by atoms with Gasteiger partial charge in [-0.1, -0.05) is 17.7 Å². The first-order chi connectivity index (χ1) is 10.5. The molecule has 7 heteroatoms. The van der Waals surface area contributed by atoms with E-state index in [9.17, 15) is 14.9 Å². The molecule has 6 nitrogen and oxygen atoms in total. The Morgan fingerprint density at radius 3 is 2.59 bits per heavy atom. The molecule has 0 fully saturated rings. The highest BCUT2D eigenvalue weighted by atomic mass is 35.5. The molecule has 0 aromatic heterocycles. The molecule has 0 aliphatic carbocycles. The molecule has 22 heavy (non-hydrogen) atoms. The second-order valence-corrected chi connectivity index (χ2v) is 4.95. The Balaban J connectivity index is 2.00. The number of hydrogen-bond acceptors (Lipinski definition) is 4. The predicted octanol–water partition coefficient (Wildman–Crippen LogP) is 3.65. The van der Waals surface area contributed by atoms with Gasteiger partial charge in [-0.15, -0.1) is 0 Å². The molecule has 0 aliphatic rings. The van der Waals surface area contributed by atoms with Gasteiger partial charge in [-0.2, -0.15) is 0 Å². The van der Waals surface area contributed by atoms with Crippen LogP contribution in [0.15, 0.2) is 48.5 Å². The number of carbonyl (C=O) groups is 1. The smallest absolute Gasteiger partial charge is 0.271 e. The van der Waals surface area contributed by atoms with Crippen molar-refractivity contribution in [2.24, 2.45) is 0 Å². The van der Waals surface area contributed by atoms with Crippen LogP contribution < -0.4 is 10.1 Å². The average molecular weight is 321 g/mol. The molecule has 1 atom stereocenters. The third-order valence-corrected chi connectivity index (χ3v) is 3.07. The van der Waals surface area contributed by atoms with Crippen molar-refractivity contribution < 1.29 is 14.5 Å². The van der Waals surface area contributed by atoms with Gasteiger partial charge in [-0.05, 0) is 37.3 Å². The summed E-state index contributed by atoms with van der Waals surface area (Å²) in [5.74, 6) is 0.0986. The van der Waals surface area contributed by atoms with Crippen molar-refractivity contribution in [2.45, 2.75) is 13.0 Å². The second-order valence-electron chi connectivity index (χ2n) is 4.51. The van der Waals surface area contributed by atoms with Crippen molar-refractivity contribution in [3.8, 4) is 5.75 Å². The molecular formula is C15H13ClN2O4. The van der Waals surface area contributed by atoms with Crippen molar-refractivity contribution in [3.05, 3.63) is 63.7 Å². The summed E-state index contributed by atoms with van der Waals surface area (Å²) in [7, 11) is 0. The number of carbonyl (C=O) groups excluding carboxylic acids is 1. The highest BCUT2D eigenvalue weighted by Gasteiger charge is 2.16. The fourth-order valence-corrected chi connectivity index (χ4v) is 1.84. The Morgan fingerprint density at radius 2 is 1.95 bits per heavy atom. The Morgan fingerprint density at radius 1 is 1.27 bits per heavy atom. The van der Waals surface area contributed by atoms with Crippen LogP contribution in [0.3, 0.4) is 0 Å². The number of nitrogens with one attached hydrogen (secondary N) is 1. The van der Waals surface area contributed by atoms with Crippen LogP contribution >= 0.6 is 11.6 Å². The second kappa shape index (κ2) is 6.91. The third kappa shape index (κ3) is 4.20. The molecule has 0 aliphatic heterocycles. The van der Waals surface area contributed by atoms with Crippen LogP contribution in [0.2, 0.25) is 5.02 Å². The number of nitro benzene ring substituents is 1. The predicted molar refractivity (Wildman–Crippen MR) is 83.3 cm³/mol. The lowest BCUT2D eigenvalue weighted by atomic mass is 10.2. The minimum atomic E-state index is -0.763. The lowest BCUT2D eigenvalue weighted by Crippen LogP contribution is -2.30. The van der Waals surface area contributed by atoms with Crippen LogP contribution in [0.25, 0.3) is 0 Å². The average Bonchev–Trinajstić information content (AvgIpc) is 2.49. The fraction of sp³-hybridized carbons (Fsp3) is 0.133. The van der Waals surface area contributed by atoms with Crippen LogP contribution in [0.1, 0.15) is 6.92 Å². The zero-order chi connectivity index (χ0) is 16.1. The quantitative estimate of drug-likeness (QED) is 0.673. The van der Waals surface area contributed by atoms with Crippen molar-refractivity contribution in [1.82, 2.24) is 0 Å². The van der Waals surface area contributed by atoms with E-state index in [1.165, 1.54) is 18.2 Å². The Hall–Kier alpha value is -2.60. The molecule has 2 aromatic rings. The molecule has 0 heterocycles. The van der Waals surface area contributed by atoms with Gasteiger partial charge in [0.1, 0.15) is 5.75 Å². The number of amides is 1. The Labute approximate surface area is 131 Å². The minimum absolute atomic E-state index is 0.0935. The van der Waals surface area contributed by atoms with Crippen molar-refractivity contribution in [3.63, 3.8) is 0 Å². The van der Waals surface area contributed by atoms with Gasteiger partial charge < -0.3 is 10.1 Å². The lowest BCUT2D eigenvalue weighted by molar-refractivity contribution is -0.384. The number of nitrogens with zero attached hydrogens (tertiary/aromatic N) is 1. The summed E-state index contributed by atoms with van der Waals surface area (Å²) in [6.45, 7) is 1.58. The standard InChI is InChI=1S/C15H13ClN2O4/c1-10(22-14-7-5-11(16)6-8-14)15(19)17-12-3-2-4-13(9-12)18(20)21/h2-10H,1H3,(H,17,19)/t10-/m0/s1. The van der Waals surface area contributed by atoms with E-state index in [0.29, 0.717) is 16.5 Å². The van der Waals surface area contributed by atoms with E-state index < -0.39 is 16.9 Å². The summed E-state index contributed by atoms with van der Waals surface area (Å²) >= 11 is 5.77. The summed E-state index contributed by atoms with van der Waals surface area (Å²) in [6.07, 6.45) is -0.763. The molecule has 114 valence electrons. The van der Waals surface area contributed by atoms with Crippen LogP contribution in [-0.2, 0) is 4.79 Å². The molecule has 2 aromatic carbocycles. The summed E-state index contributed by atoms with van der Waals surface area (Å²) < 4.78 is 5.48. The summed E-state index contributed by atoms with van der Waals surface area (Å²) in [5, 5.41) is 13.8. The van der Waals surface area contributed by atoms with E-state index in [4.69, 9.17) is 16.3 Å². The molecular weight excluding hydrogens is 308 g/mol. The maximum absolute atomic E-state index is 12.0. The summed E-state index contributed by atoms with van der Waals surface area (Å²) in [4.78, 5) is 22.2. The van der Waals surface area contributed by atoms with Gasteiger partial charge in [-0.25, -0.2) is 0 Å². The van der Waals surface area contributed by atoms with Gasteiger partial charge in [0.25, 0.3) is 11.6 Å². The number of benzene rings is 2. The van der Waals surface area contributed by atoms with Gasteiger partial charge in [0.15, 0.2) is 6.10 Å². The fourth-order valence-electron chi connectivity index (χ4n) is 1.71. The van der Waals surface area contributed by atoms with Crippen LogP contribution in [0.4, 0.5) is 11.4 Å². The summed E-state index contributed by atoms with van der Waals surface area (Å²) in [5.41, 5.74) is 0.245. The third-order valence-electron chi connectivity index (χ3n) is 2.82. The van der Waals surface area contributed by atoms with Crippen LogP contribution in [0, 0.1) is 10.1 Å². The van der Waals surface area contributed by atoms with Gasteiger partial charge in [-0.3, -0.25) is 14.9 Å². The van der Waals surface area contributed by atoms with Crippen LogP contribution in [-0.4, -0.2) is 16.9 Å². The van der Waals surface area contributed by atoms with Gasteiger partial charge >= 0.3 is 0 Å². The molecule has 0 radical (unpaired) electrons. The molecule has 0 saturated carbocycles. The number of ether oxygens (including phenoxy) is 1. The summed E-state index contributed by atoms with van der Waals surface area (Å²) in [6, 6.07) is 12.3. The van der Waals surface area contributed by atoms with Crippen molar-refractivity contribution >= 4 is 28.9 Å². The number of non-ortho nitro benzene ring substituents is 1. The minimum Gasteiger partial charge on any atom is -0.481 e. The number of nitro groups is 1.